The Bertz CT molecular complexity index is 986. The van der Waals surface area contributed by atoms with Crippen molar-refractivity contribution >= 4 is 61.6 Å². The van der Waals surface area contributed by atoms with Gasteiger partial charge in [-0.3, -0.25) is 4.79 Å². The Morgan fingerprint density at radius 3 is 2.46 bits per heavy atom. The molecule has 2 aromatic carbocycles. The smallest absolute Gasteiger partial charge is 0.308 e. The van der Waals surface area contributed by atoms with Crippen LogP contribution in [-0.4, -0.2) is 16.9 Å². The lowest BCUT2D eigenvalue weighted by atomic mass is 10.2. The van der Waals surface area contributed by atoms with Gasteiger partial charge in [0.2, 0.25) is 5.91 Å². The first-order valence-electron chi connectivity index (χ1n) is 7.99. The third kappa shape index (κ3) is 4.30. The minimum atomic E-state index is -0.376. The van der Waals surface area contributed by atoms with Gasteiger partial charge in [-0.1, -0.05) is 35.9 Å². The van der Waals surface area contributed by atoms with E-state index in [1.54, 1.807) is 31.2 Å². The average Bonchev–Trinajstić information content (AvgIpc) is 2.99. The Hall–Kier alpha value is -2.64. The summed E-state index contributed by atoms with van der Waals surface area (Å²) in [6.07, 6.45) is 0.395. The van der Waals surface area contributed by atoms with E-state index in [-0.39, 0.29) is 11.9 Å². The van der Waals surface area contributed by atoms with Crippen molar-refractivity contribution in [1.82, 2.24) is 4.98 Å². The van der Waals surface area contributed by atoms with Gasteiger partial charge in [0.25, 0.3) is 0 Å². The van der Waals surface area contributed by atoms with Crippen LogP contribution in [0.2, 0.25) is 5.02 Å². The van der Waals surface area contributed by atoms with E-state index in [9.17, 15) is 9.59 Å². The maximum Gasteiger partial charge on any atom is 0.323 e. The number of nitrogens with zero attached hydrogens (tertiary/aromatic N) is 1. The van der Waals surface area contributed by atoms with Crippen molar-refractivity contribution in [3.63, 3.8) is 0 Å². The quantitative estimate of drug-likeness (QED) is 0.570. The van der Waals surface area contributed by atoms with Gasteiger partial charge in [0.1, 0.15) is 0 Å². The van der Waals surface area contributed by atoms with Crippen LogP contribution in [0.5, 0.6) is 0 Å². The summed E-state index contributed by atoms with van der Waals surface area (Å²) in [6.45, 7) is 3.68. The Morgan fingerprint density at radius 2 is 1.77 bits per heavy atom. The number of nitrogens with one attached hydrogen (secondary N) is 3. The number of carbonyl (C=O) groups is 2. The molecule has 0 saturated heterocycles. The molecule has 0 saturated carbocycles. The van der Waals surface area contributed by atoms with Gasteiger partial charge in [0.05, 0.1) is 10.2 Å². The highest BCUT2D eigenvalue weighted by Crippen LogP contribution is 2.28. The van der Waals surface area contributed by atoms with Crippen molar-refractivity contribution in [3.05, 3.63) is 47.0 Å². The molecule has 0 aliphatic carbocycles. The molecule has 134 valence electrons. The lowest BCUT2D eigenvalue weighted by Crippen LogP contribution is -2.19. The zero-order valence-corrected chi connectivity index (χ0v) is 15.8. The van der Waals surface area contributed by atoms with E-state index >= 15 is 0 Å². The van der Waals surface area contributed by atoms with E-state index in [4.69, 9.17) is 11.6 Å². The number of hydrogen-bond acceptors (Lipinski definition) is 4. The molecule has 0 aliphatic heterocycles. The molecule has 0 unspecified atom stereocenters. The lowest BCUT2D eigenvalue weighted by molar-refractivity contribution is -0.115. The monoisotopic (exact) mass is 388 g/mol. The number of aromatic nitrogens is 1. The zero-order chi connectivity index (χ0) is 18.7. The van der Waals surface area contributed by atoms with Gasteiger partial charge in [-0.15, -0.1) is 0 Å². The Labute approximate surface area is 159 Å². The number of carbonyl (C=O) groups excluding carboxylic acids is 2. The minimum Gasteiger partial charge on any atom is -0.308 e. The summed E-state index contributed by atoms with van der Waals surface area (Å²) >= 11 is 7.45. The molecule has 6 nitrogen and oxygen atoms in total. The van der Waals surface area contributed by atoms with E-state index in [0.29, 0.717) is 33.5 Å². The molecular weight excluding hydrogens is 372 g/mol. The van der Waals surface area contributed by atoms with Gasteiger partial charge in [-0.25, -0.2) is 9.78 Å². The predicted octanol–water partition coefficient (Wildman–Crippen LogP) is 5.25. The number of amides is 3. The molecule has 3 amide bonds. The number of benzene rings is 2. The normalized spacial score (nSPS) is 10.6. The summed E-state index contributed by atoms with van der Waals surface area (Å²) in [5.41, 5.74) is 2.86. The molecule has 26 heavy (non-hydrogen) atoms. The largest absolute Gasteiger partial charge is 0.323 e. The van der Waals surface area contributed by atoms with Crippen LogP contribution < -0.4 is 16.0 Å². The number of thiazole rings is 1. The van der Waals surface area contributed by atoms with E-state index < -0.39 is 0 Å². The topological polar surface area (TPSA) is 83.1 Å². The molecule has 3 rings (SSSR count). The summed E-state index contributed by atoms with van der Waals surface area (Å²) in [5.74, 6) is -0.0847. The number of hydrogen-bond donors (Lipinski definition) is 3. The van der Waals surface area contributed by atoms with Crippen molar-refractivity contribution in [2.75, 3.05) is 16.0 Å². The number of anilines is 3. The molecular formula is C18H17ClN4O2S. The Balaban J connectivity index is 1.70. The fourth-order valence-corrected chi connectivity index (χ4v) is 3.27. The van der Waals surface area contributed by atoms with Crippen molar-refractivity contribution in [2.24, 2.45) is 0 Å². The molecule has 3 N–H and O–H groups in total. The van der Waals surface area contributed by atoms with Crippen molar-refractivity contribution < 1.29 is 9.59 Å². The van der Waals surface area contributed by atoms with Crippen LogP contribution in [0.4, 0.5) is 21.3 Å². The van der Waals surface area contributed by atoms with Crippen molar-refractivity contribution in [3.8, 4) is 0 Å². The molecule has 0 atom stereocenters. The van der Waals surface area contributed by atoms with Crippen LogP contribution in [-0.2, 0) is 4.79 Å². The third-order valence-corrected chi connectivity index (χ3v) is 5.00. The fourth-order valence-electron chi connectivity index (χ4n) is 2.23. The Kier molecular flexibility index (Phi) is 5.39. The summed E-state index contributed by atoms with van der Waals surface area (Å²) in [7, 11) is 0. The molecule has 8 heteroatoms. The standard InChI is InChI=1S/C18H17ClN4O2S/c1-3-16(24)23-18-22-14-9-12(6-7-15(14)26-18)21-17(25)20-11-5-4-10(2)13(19)8-11/h4-9H,3H2,1-2H3,(H2,20,21,25)(H,22,23,24). The molecule has 1 heterocycles. The highest BCUT2D eigenvalue weighted by atomic mass is 35.5. The van der Waals surface area contributed by atoms with Crippen molar-refractivity contribution in [2.45, 2.75) is 20.3 Å². The van der Waals surface area contributed by atoms with Crippen LogP contribution in [0.1, 0.15) is 18.9 Å². The van der Waals surface area contributed by atoms with Gasteiger partial charge in [0, 0.05) is 22.8 Å². The maximum absolute atomic E-state index is 12.2. The van der Waals surface area contributed by atoms with Crippen LogP contribution in [0.3, 0.4) is 0 Å². The van der Waals surface area contributed by atoms with Crippen LogP contribution in [0.25, 0.3) is 10.2 Å². The van der Waals surface area contributed by atoms with E-state index in [1.807, 2.05) is 19.1 Å². The summed E-state index contributed by atoms with van der Waals surface area (Å²) in [5, 5.41) is 9.37. The Morgan fingerprint density at radius 1 is 1.08 bits per heavy atom. The fraction of sp³-hybridized carbons (Fsp3) is 0.167. The lowest BCUT2D eigenvalue weighted by Gasteiger charge is -2.08. The van der Waals surface area contributed by atoms with Crippen molar-refractivity contribution in [1.29, 1.82) is 0 Å². The molecule has 3 aromatic rings. The minimum absolute atomic E-state index is 0.0847. The molecule has 1 aromatic heterocycles. The molecule has 0 bridgehead atoms. The van der Waals surface area contributed by atoms with Gasteiger partial charge < -0.3 is 16.0 Å². The second-order valence-corrected chi connectivity index (χ2v) is 7.08. The average molecular weight is 389 g/mol. The van der Waals surface area contributed by atoms with Crippen LogP contribution in [0, 0.1) is 6.92 Å². The van der Waals surface area contributed by atoms with E-state index in [2.05, 4.69) is 20.9 Å². The van der Waals surface area contributed by atoms with Crippen LogP contribution >= 0.6 is 22.9 Å². The zero-order valence-electron chi connectivity index (χ0n) is 14.2. The number of halogens is 1. The van der Waals surface area contributed by atoms with Gasteiger partial charge in [0.15, 0.2) is 5.13 Å². The van der Waals surface area contributed by atoms with E-state index in [0.717, 1.165) is 10.3 Å². The van der Waals surface area contributed by atoms with E-state index in [1.165, 1.54) is 11.3 Å². The first-order chi connectivity index (χ1) is 12.4. The summed E-state index contributed by atoms with van der Waals surface area (Å²) < 4.78 is 0.924. The molecule has 0 fully saturated rings. The second-order valence-electron chi connectivity index (χ2n) is 5.65. The molecule has 0 spiro atoms. The number of fused-ring (bicyclic) bond motifs is 1. The predicted molar refractivity (Wildman–Crippen MR) is 107 cm³/mol. The van der Waals surface area contributed by atoms with Gasteiger partial charge in [-0.2, -0.15) is 0 Å². The SMILES string of the molecule is CCC(=O)Nc1nc2cc(NC(=O)Nc3ccc(C)c(Cl)c3)ccc2s1. The second kappa shape index (κ2) is 7.72. The summed E-state index contributed by atoms with van der Waals surface area (Å²) in [4.78, 5) is 28.0. The highest BCUT2D eigenvalue weighted by Gasteiger charge is 2.09. The number of urea groups is 1. The summed E-state index contributed by atoms with van der Waals surface area (Å²) in [6, 6.07) is 10.3. The first-order valence-corrected chi connectivity index (χ1v) is 9.18. The third-order valence-electron chi connectivity index (χ3n) is 3.64. The van der Waals surface area contributed by atoms with Gasteiger partial charge in [-0.05, 0) is 42.8 Å². The molecule has 0 aliphatic rings. The first kappa shape index (κ1) is 18.2. The highest BCUT2D eigenvalue weighted by molar-refractivity contribution is 7.22. The maximum atomic E-state index is 12.2. The van der Waals surface area contributed by atoms with Gasteiger partial charge >= 0.3 is 6.03 Å². The number of aryl methyl sites for hydroxylation is 1. The van der Waals surface area contributed by atoms with Crippen LogP contribution in [0.15, 0.2) is 36.4 Å². The number of rotatable bonds is 4. The molecule has 0 radical (unpaired) electrons.